The second kappa shape index (κ2) is 6.82. The van der Waals surface area contributed by atoms with Crippen LogP contribution in [0.1, 0.15) is 42.3 Å². The van der Waals surface area contributed by atoms with Crippen LogP contribution in [0.4, 0.5) is 4.39 Å². The summed E-state index contributed by atoms with van der Waals surface area (Å²) in [6, 6.07) is 6.14. The Morgan fingerprint density at radius 2 is 1.89 bits per heavy atom. The van der Waals surface area contributed by atoms with E-state index in [9.17, 15) is 17.6 Å². The van der Waals surface area contributed by atoms with Crippen molar-refractivity contribution in [2.45, 2.75) is 44.0 Å². The number of rotatable bonds is 3. The van der Waals surface area contributed by atoms with Crippen molar-refractivity contribution >= 4 is 15.7 Å². The van der Waals surface area contributed by atoms with E-state index in [-0.39, 0.29) is 10.5 Å². The second-order valence-corrected chi connectivity index (χ2v) is 9.00. The molecule has 3 heterocycles. The Kier molecular flexibility index (Phi) is 4.59. The Bertz CT molecular complexity index is 1200. The van der Waals surface area contributed by atoms with Gasteiger partial charge in [-0.3, -0.25) is 9.89 Å². The molecule has 1 aromatic carbocycles. The van der Waals surface area contributed by atoms with Crippen molar-refractivity contribution in [2.24, 2.45) is 0 Å². The number of nitrogens with zero attached hydrogens (tertiary/aromatic N) is 3. The highest BCUT2D eigenvalue weighted by atomic mass is 32.2. The molecule has 0 spiro atoms. The molecule has 0 bridgehead atoms. The molecule has 0 amide bonds. The van der Waals surface area contributed by atoms with Gasteiger partial charge in [-0.05, 0) is 51.0 Å². The van der Waals surface area contributed by atoms with Crippen LogP contribution in [0, 0.1) is 19.7 Å². The molecule has 1 N–H and O–H groups in total. The van der Waals surface area contributed by atoms with Crippen LogP contribution in [0.25, 0.3) is 5.65 Å². The van der Waals surface area contributed by atoms with Gasteiger partial charge < -0.3 is 0 Å². The zero-order valence-corrected chi connectivity index (χ0v) is 16.5. The smallest absolute Gasteiger partial charge is 0.275 e. The van der Waals surface area contributed by atoms with E-state index < -0.39 is 21.9 Å². The number of benzene rings is 1. The average Bonchev–Trinajstić information content (AvgIpc) is 3.10. The first-order valence-electron chi connectivity index (χ1n) is 9.15. The highest BCUT2D eigenvalue weighted by molar-refractivity contribution is 7.89. The van der Waals surface area contributed by atoms with Crippen molar-refractivity contribution < 1.29 is 12.8 Å². The molecule has 4 rings (SSSR count). The number of aryl methyl sites for hydroxylation is 1. The number of piperidine rings is 1. The van der Waals surface area contributed by atoms with Gasteiger partial charge in [0.1, 0.15) is 5.82 Å². The summed E-state index contributed by atoms with van der Waals surface area (Å²) in [5.41, 5.74) is 2.09. The van der Waals surface area contributed by atoms with Crippen molar-refractivity contribution in [3.8, 4) is 0 Å². The minimum Gasteiger partial charge on any atom is -0.292 e. The van der Waals surface area contributed by atoms with Crippen LogP contribution in [0.2, 0.25) is 0 Å². The minimum absolute atomic E-state index is 0.0545. The molecule has 1 atom stereocenters. The van der Waals surface area contributed by atoms with E-state index in [0.29, 0.717) is 35.6 Å². The van der Waals surface area contributed by atoms with Gasteiger partial charge in [0, 0.05) is 23.9 Å². The number of aromatic amines is 1. The van der Waals surface area contributed by atoms with Gasteiger partial charge >= 0.3 is 0 Å². The number of halogens is 1. The summed E-state index contributed by atoms with van der Waals surface area (Å²) < 4.78 is 42.4. The largest absolute Gasteiger partial charge is 0.292 e. The van der Waals surface area contributed by atoms with Crippen LogP contribution >= 0.6 is 0 Å². The maximum Gasteiger partial charge on any atom is 0.275 e. The Balaban J connectivity index is 1.79. The van der Waals surface area contributed by atoms with Gasteiger partial charge in [-0.15, -0.1) is 0 Å². The van der Waals surface area contributed by atoms with E-state index in [1.807, 2.05) is 0 Å². The van der Waals surface area contributed by atoms with Gasteiger partial charge in [0.05, 0.1) is 16.6 Å². The van der Waals surface area contributed by atoms with Gasteiger partial charge in [0.15, 0.2) is 5.65 Å². The fourth-order valence-corrected chi connectivity index (χ4v) is 5.33. The van der Waals surface area contributed by atoms with E-state index >= 15 is 0 Å². The van der Waals surface area contributed by atoms with E-state index in [1.165, 1.54) is 21.0 Å². The molecule has 1 fully saturated rings. The number of sulfonamides is 1. The van der Waals surface area contributed by atoms with Crippen LogP contribution in [0.3, 0.4) is 0 Å². The lowest BCUT2D eigenvalue weighted by Gasteiger charge is -2.34. The lowest BCUT2D eigenvalue weighted by Crippen LogP contribution is -2.38. The van der Waals surface area contributed by atoms with Crippen molar-refractivity contribution in [2.75, 3.05) is 6.54 Å². The highest BCUT2D eigenvalue weighted by Crippen LogP contribution is 2.35. The molecule has 1 saturated heterocycles. The molecule has 1 aliphatic heterocycles. The first-order chi connectivity index (χ1) is 13.3. The third-order valence-electron chi connectivity index (χ3n) is 5.34. The monoisotopic (exact) mass is 404 g/mol. The summed E-state index contributed by atoms with van der Waals surface area (Å²) in [6.45, 7) is 3.85. The Morgan fingerprint density at radius 3 is 2.61 bits per heavy atom. The fourth-order valence-electron chi connectivity index (χ4n) is 3.65. The van der Waals surface area contributed by atoms with Gasteiger partial charge in [-0.2, -0.15) is 4.31 Å². The molecule has 148 valence electrons. The predicted octanol–water partition coefficient (Wildman–Crippen LogP) is 2.69. The average molecular weight is 404 g/mol. The molecule has 28 heavy (non-hydrogen) atoms. The standard InChI is InChI=1S/C19H21FN4O3S/c1-12-13(2)21-18-11-16(22-24(18)19(12)25)17-5-3-4-10-23(17)28(26,27)15-8-6-14(20)7-9-15/h6-9,11,17,22H,3-5,10H2,1-2H3. The molecule has 3 aromatic rings. The first-order valence-corrected chi connectivity index (χ1v) is 10.6. The number of aromatic nitrogens is 3. The number of H-pyrrole nitrogens is 1. The number of nitrogens with one attached hydrogen (secondary N) is 1. The summed E-state index contributed by atoms with van der Waals surface area (Å²) in [7, 11) is -3.80. The normalized spacial score (nSPS) is 18.6. The van der Waals surface area contributed by atoms with Gasteiger partial charge in [0.2, 0.25) is 10.0 Å². The fraction of sp³-hybridized carbons (Fsp3) is 0.368. The number of fused-ring (bicyclic) bond motifs is 1. The van der Waals surface area contributed by atoms with Crippen molar-refractivity contribution in [3.05, 3.63) is 63.5 Å². The SMILES string of the molecule is Cc1nc2cc(C3CCCCN3S(=O)(=O)c3ccc(F)cc3)[nH]n2c(=O)c1C. The summed E-state index contributed by atoms with van der Waals surface area (Å²) in [5, 5.41) is 3.04. The number of hydrogen-bond acceptors (Lipinski definition) is 4. The number of hydrogen-bond donors (Lipinski definition) is 1. The highest BCUT2D eigenvalue weighted by Gasteiger charge is 2.35. The van der Waals surface area contributed by atoms with Crippen molar-refractivity contribution in [1.29, 1.82) is 0 Å². The first kappa shape index (κ1) is 18.8. The van der Waals surface area contributed by atoms with Crippen molar-refractivity contribution in [3.63, 3.8) is 0 Å². The van der Waals surface area contributed by atoms with Gasteiger partial charge in [0.25, 0.3) is 5.56 Å². The van der Waals surface area contributed by atoms with E-state index in [0.717, 1.165) is 25.0 Å². The molecular formula is C19H21FN4O3S. The minimum atomic E-state index is -3.80. The van der Waals surface area contributed by atoms with Crippen LogP contribution in [0.5, 0.6) is 0 Å². The lowest BCUT2D eigenvalue weighted by molar-refractivity contribution is 0.251. The van der Waals surface area contributed by atoms with Crippen LogP contribution in [-0.4, -0.2) is 33.9 Å². The Labute approximate surface area is 161 Å². The predicted molar refractivity (Wildman–Crippen MR) is 102 cm³/mol. The van der Waals surface area contributed by atoms with Crippen LogP contribution < -0.4 is 5.56 Å². The summed E-state index contributed by atoms with van der Waals surface area (Å²) in [6.07, 6.45) is 2.24. The van der Waals surface area contributed by atoms with Gasteiger partial charge in [-0.1, -0.05) is 6.42 Å². The summed E-state index contributed by atoms with van der Waals surface area (Å²) in [5.74, 6) is -0.485. The van der Waals surface area contributed by atoms with E-state index in [2.05, 4.69) is 10.1 Å². The molecule has 0 radical (unpaired) electrons. The quantitative estimate of drug-likeness (QED) is 0.727. The van der Waals surface area contributed by atoms with E-state index in [1.54, 1.807) is 19.9 Å². The zero-order chi connectivity index (χ0) is 20.1. The molecule has 1 unspecified atom stereocenters. The third-order valence-corrected chi connectivity index (χ3v) is 7.26. The second-order valence-electron chi connectivity index (χ2n) is 7.11. The van der Waals surface area contributed by atoms with Crippen LogP contribution in [-0.2, 0) is 10.0 Å². The topological polar surface area (TPSA) is 87.5 Å². The summed E-state index contributed by atoms with van der Waals surface area (Å²) >= 11 is 0. The van der Waals surface area contributed by atoms with Crippen molar-refractivity contribution in [1.82, 2.24) is 18.9 Å². The molecule has 9 heteroatoms. The maximum absolute atomic E-state index is 13.2. The van der Waals surface area contributed by atoms with Gasteiger partial charge in [-0.25, -0.2) is 22.3 Å². The molecule has 2 aromatic heterocycles. The Hall–Kier alpha value is -2.52. The van der Waals surface area contributed by atoms with E-state index in [4.69, 9.17) is 0 Å². The lowest BCUT2D eigenvalue weighted by atomic mass is 10.0. The third kappa shape index (κ3) is 3.04. The molecule has 0 aliphatic carbocycles. The van der Waals surface area contributed by atoms with Crippen LogP contribution in [0.15, 0.2) is 40.0 Å². The maximum atomic E-state index is 13.2. The molecular weight excluding hydrogens is 383 g/mol. The molecule has 7 nitrogen and oxygen atoms in total. The molecule has 1 aliphatic rings. The zero-order valence-electron chi connectivity index (χ0n) is 15.6. The Morgan fingerprint density at radius 1 is 1.18 bits per heavy atom. The molecule has 0 saturated carbocycles. The summed E-state index contributed by atoms with van der Waals surface area (Å²) in [4.78, 5) is 17.0.